The molecule has 7 heteroatoms. The minimum atomic E-state index is -3.39. The van der Waals surface area contributed by atoms with Crippen LogP contribution in [0.1, 0.15) is 22.8 Å². The summed E-state index contributed by atoms with van der Waals surface area (Å²) in [4.78, 5) is 11.5. The van der Waals surface area contributed by atoms with Gasteiger partial charge >= 0.3 is 5.97 Å². The first-order chi connectivity index (χ1) is 9.97. The first-order valence-electron chi connectivity index (χ1n) is 6.85. The van der Waals surface area contributed by atoms with E-state index in [9.17, 15) is 13.2 Å². The van der Waals surface area contributed by atoms with Crippen molar-refractivity contribution < 1.29 is 17.9 Å². The highest BCUT2D eigenvalue weighted by molar-refractivity contribution is 7.88. The largest absolute Gasteiger partial charge is 0.465 e. The van der Waals surface area contributed by atoms with Crippen LogP contribution in [0.25, 0.3) is 0 Å². The van der Waals surface area contributed by atoms with Gasteiger partial charge in [-0.05, 0) is 17.7 Å². The molecule has 0 spiro atoms. The van der Waals surface area contributed by atoms with Crippen molar-refractivity contribution in [3.8, 4) is 0 Å². The zero-order valence-corrected chi connectivity index (χ0v) is 13.0. The molecule has 1 saturated heterocycles. The Morgan fingerprint density at radius 2 is 2.14 bits per heavy atom. The molecule has 1 aromatic carbocycles. The van der Waals surface area contributed by atoms with Gasteiger partial charge in [0, 0.05) is 25.7 Å². The lowest BCUT2D eigenvalue weighted by atomic mass is 10.1. The lowest BCUT2D eigenvalue weighted by molar-refractivity contribution is 0.0600. The minimum absolute atomic E-state index is 0.0313. The highest BCUT2D eigenvalue weighted by Crippen LogP contribution is 2.17. The molecule has 1 aliphatic rings. The molecular formula is C14H20N2O4S. The molecule has 0 aliphatic carbocycles. The van der Waals surface area contributed by atoms with Crippen molar-refractivity contribution in [3.63, 3.8) is 0 Å². The molecule has 0 amide bonds. The van der Waals surface area contributed by atoms with Crippen LogP contribution in [0.5, 0.6) is 0 Å². The number of rotatable bonds is 6. The van der Waals surface area contributed by atoms with Crippen molar-refractivity contribution in [2.45, 2.75) is 18.7 Å². The molecule has 0 unspecified atom stereocenters. The molecule has 1 aromatic rings. The van der Waals surface area contributed by atoms with E-state index in [2.05, 4.69) is 10.1 Å². The molecule has 1 heterocycles. The third-order valence-electron chi connectivity index (χ3n) is 3.53. The normalized spacial score (nSPS) is 15.8. The number of carbonyl (C=O) groups excluding carboxylic acids is 1. The Morgan fingerprint density at radius 1 is 1.43 bits per heavy atom. The van der Waals surface area contributed by atoms with E-state index >= 15 is 0 Å². The highest BCUT2D eigenvalue weighted by Gasteiger charge is 2.32. The van der Waals surface area contributed by atoms with E-state index in [0.29, 0.717) is 30.8 Å². The lowest BCUT2D eigenvalue weighted by Gasteiger charge is -2.36. The maximum Gasteiger partial charge on any atom is 0.337 e. The van der Waals surface area contributed by atoms with Crippen LogP contribution in [-0.4, -0.2) is 51.5 Å². The molecule has 0 atom stereocenters. The zero-order valence-electron chi connectivity index (χ0n) is 12.2. The number of benzene rings is 1. The number of carbonyl (C=O) groups is 1. The SMILES string of the molecule is CCN(C1CNC1)S(=O)(=O)Cc1cccc(C(=O)OC)c1. The van der Waals surface area contributed by atoms with Crippen LogP contribution in [-0.2, 0) is 20.5 Å². The number of methoxy groups -OCH3 is 1. The average Bonchev–Trinajstić information content (AvgIpc) is 2.41. The van der Waals surface area contributed by atoms with Gasteiger partial charge in [-0.25, -0.2) is 13.2 Å². The van der Waals surface area contributed by atoms with Crippen molar-refractivity contribution in [2.75, 3.05) is 26.7 Å². The molecule has 21 heavy (non-hydrogen) atoms. The van der Waals surface area contributed by atoms with Gasteiger partial charge in [-0.2, -0.15) is 4.31 Å². The Hall–Kier alpha value is -1.44. The van der Waals surface area contributed by atoms with E-state index in [0.717, 1.165) is 0 Å². The third kappa shape index (κ3) is 3.61. The fraction of sp³-hybridized carbons (Fsp3) is 0.500. The summed E-state index contributed by atoms with van der Waals surface area (Å²) in [5.41, 5.74) is 0.946. The van der Waals surface area contributed by atoms with E-state index in [-0.39, 0.29) is 11.8 Å². The second-order valence-electron chi connectivity index (χ2n) is 4.96. The number of sulfonamides is 1. The molecule has 0 radical (unpaired) electrons. The summed E-state index contributed by atoms with van der Waals surface area (Å²) < 4.78 is 31.2. The van der Waals surface area contributed by atoms with Crippen molar-refractivity contribution in [3.05, 3.63) is 35.4 Å². The number of nitrogens with one attached hydrogen (secondary N) is 1. The highest BCUT2D eigenvalue weighted by atomic mass is 32.2. The Labute approximate surface area is 125 Å². The predicted octanol–water partition coefficient (Wildman–Crippen LogP) is 0.597. The van der Waals surface area contributed by atoms with Gasteiger partial charge in [-0.1, -0.05) is 19.1 Å². The van der Waals surface area contributed by atoms with Crippen LogP contribution in [0.2, 0.25) is 0 Å². The average molecular weight is 312 g/mol. The topological polar surface area (TPSA) is 75.7 Å². The van der Waals surface area contributed by atoms with Crippen LogP contribution < -0.4 is 5.32 Å². The number of esters is 1. The second kappa shape index (κ2) is 6.55. The fourth-order valence-corrected chi connectivity index (χ4v) is 4.12. The Morgan fingerprint density at radius 3 is 2.67 bits per heavy atom. The molecular weight excluding hydrogens is 292 g/mol. The monoisotopic (exact) mass is 312 g/mol. The van der Waals surface area contributed by atoms with Gasteiger partial charge in [0.2, 0.25) is 10.0 Å². The summed E-state index contributed by atoms with van der Waals surface area (Å²) in [6, 6.07) is 6.57. The Bertz CT molecular complexity index is 611. The van der Waals surface area contributed by atoms with E-state index in [1.807, 2.05) is 6.92 Å². The maximum atomic E-state index is 12.5. The lowest BCUT2D eigenvalue weighted by Crippen LogP contribution is -2.58. The summed E-state index contributed by atoms with van der Waals surface area (Å²) in [5, 5.41) is 3.08. The molecule has 1 fully saturated rings. The van der Waals surface area contributed by atoms with Crippen LogP contribution in [0.4, 0.5) is 0 Å². The number of hydrogen-bond donors (Lipinski definition) is 1. The smallest absolute Gasteiger partial charge is 0.337 e. The van der Waals surface area contributed by atoms with Gasteiger partial charge in [0.15, 0.2) is 0 Å². The van der Waals surface area contributed by atoms with Gasteiger partial charge in [-0.3, -0.25) is 0 Å². The minimum Gasteiger partial charge on any atom is -0.465 e. The standard InChI is InChI=1S/C14H20N2O4S/c1-3-16(13-8-15-9-13)21(18,19)10-11-5-4-6-12(7-11)14(17)20-2/h4-7,13,15H,3,8-10H2,1-2H3. The number of hydrogen-bond acceptors (Lipinski definition) is 5. The molecule has 116 valence electrons. The molecule has 0 bridgehead atoms. The van der Waals surface area contributed by atoms with Gasteiger partial charge in [0.05, 0.1) is 18.4 Å². The molecule has 6 nitrogen and oxygen atoms in total. The van der Waals surface area contributed by atoms with Gasteiger partial charge < -0.3 is 10.1 Å². The van der Waals surface area contributed by atoms with Crippen LogP contribution in [0.15, 0.2) is 24.3 Å². The quantitative estimate of drug-likeness (QED) is 0.778. The third-order valence-corrected chi connectivity index (χ3v) is 5.50. The van der Waals surface area contributed by atoms with E-state index in [1.165, 1.54) is 11.4 Å². The van der Waals surface area contributed by atoms with Crippen LogP contribution in [0, 0.1) is 0 Å². The fourth-order valence-electron chi connectivity index (χ4n) is 2.36. The van der Waals surface area contributed by atoms with Crippen LogP contribution >= 0.6 is 0 Å². The van der Waals surface area contributed by atoms with Crippen molar-refractivity contribution in [2.24, 2.45) is 0 Å². The van der Waals surface area contributed by atoms with E-state index in [1.54, 1.807) is 24.3 Å². The van der Waals surface area contributed by atoms with Gasteiger partial charge in [-0.15, -0.1) is 0 Å². The second-order valence-corrected chi connectivity index (χ2v) is 6.89. The molecule has 1 N–H and O–H groups in total. The van der Waals surface area contributed by atoms with Gasteiger partial charge in [0.25, 0.3) is 0 Å². The zero-order chi connectivity index (χ0) is 15.5. The van der Waals surface area contributed by atoms with Crippen LogP contribution in [0.3, 0.4) is 0 Å². The molecule has 0 aromatic heterocycles. The van der Waals surface area contributed by atoms with Crippen molar-refractivity contribution >= 4 is 16.0 Å². The summed E-state index contributed by atoms with van der Waals surface area (Å²) in [7, 11) is -2.09. The number of nitrogens with zero attached hydrogens (tertiary/aromatic N) is 1. The predicted molar refractivity (Wildman–Crippen MR) is 79.4 cm³/mol. The molecule has 1 aliphatic heterocycles. The van der Waals surface area contributed by atoms with Crippen molar-refractivity contribution in [1.82, 2.24) is 9.62 Å². The maximum absolute atomic E-state index is 12.5. The molecule has 0 saturated carbocycles. The molecule has 2 rings (SSSR count). The summed E-state index contributed by atoms with van der Waals surface area (Å²) in [6.07, 6.45) is 0. The number of likely N-dealkylation sites (N-methyl/N-ethyl adjacent to an activating group) is 1. The summed E-state index contributed by atoms with van der Waals surface area (Å²) in [6.45, 7) is 3.66. The summed E-state index contributed by atoms with van der Waals surface area (Å²) >= 11 is 0. The first-order valence-corrected chi connectivity index (χ1v) is 8.46. The Kier molecular flexibility index (Phi) is 4.97. The van der Waals surface area contributed by atoms with E-state index < -0.39 is 16.0 Å². The van der Waals surface area contributed by atoms with E-state index in [4.69, 9.17) is 0 Å². The number of ether oxygens (including phenoxy) is 1. The van der Waals surface area contributed by atoms with Gasteiger partial charge in [0.1, 0.15) is 0 Å². The first kappa shape index (κ1) is 15.9. The summed E-state index contributed by atoms with van der Waals surface area (Å²) in [5.74, 6) is -0.577. The Balaban J connectivity index is 2.17. The van der Waals surface area contributed by atoms with Crippen molar-refractivity contribution in [1.29, 1.82) is 0 Å².